The fourth-order valence-electron chi connectivity index (χ4n) is 2.41. The zero-order valence-electron chi connectivity index (χ0n) is 14.5. The first-order chi connectivity index (χ1) is 12.7. The van der Waals surface area contributed by atoms with Crippen molar-refractivity contribution in [2.75, 3.05) is 28.4 Å². The Labute approximate surface area is 198 Å². The molecule has 2 aromatic carbocycles. The van der Waals surface area contributed by atoms with Gasteiger partial charge in [0.25, 0.3) is 0 Å². The maximum Gasteiger partial charge on any atom is 0.196 e. The highest BCUT2D eigenvalue weighted by atomic mass is 79.9. The summed E-state index contributed by atoms with van der Waals surface area (Å²) >= 11 is 17.3. The number of ether oxygens (including phenoxy) is 4. The van der Waals surface area contributed by atoms with Crippen LogP contribution in [0.3, 0.4) is 0 Å². The molecule has 0 N–H and O–H groups in total. The van der Waals surface area contributed by atoms with Gasteiger partial charge in [0, 0.05) is 14.5 Å². The van der Waals surface area contributed by atoms with Crippen molar-refractivity contribution in [2.45, 2.75) is 0 Å². The summed E-state index contributed by atoms with van der Waals surface area (Å²) < 4.78 is 24.2. The van der Waals surface area contributed by atoms with Crippen LogP contribution >= 0.6 is 79.6 Å². The van der Waals surface area contributed by atoms with E-state index in [0.29, 0.717) is 56.5 Å². The van der Waals surface area contributed by atoms with E-state index < -0.39 is 0 Å². The third-order valence-electron chi connectivity index (χ3n) is 3.67. The van der Waals surface area contributed by atoms with Gasteiger partial charge in [-0.05, 0) is 85.7 Å². The average Bonchev–Trinajstić information content (AvgIpc) is 2.66. The molecule has 0 radical (unpaired) electrons. The van der Waals surface area contributed by atoms with Crippen LogP contribution in [-0.4, -0.2) is 34.2 Å². The van der Waals surface area contributed by atoms with E-state index in [1.807, 2.05) is 0 Å². The van der Waals surface area contributed by atoms with Gasteiger partial charge in [-0.15, -0.1) is 0 Å². The van der Waals surface area contributed by atoms with Crippen LogP contribution in [-0.2, 0) is 0 Å². The summed E-state index contributed by atoms with van der Waals surface area (Å²) in [6.45, 7) is 0. The van der Waals surface area contributed by atoms with Gasteiger partial charge in [0.2, 0.25) is 0 Å². The maximum atomic E-state index is 13.4. The number of methoxy groups -OCH3 is 4. The van der Waals surface area contributed by atoms with Crippen LogP contribution in [0.1, 0.15) is 15.9 Å². The minimum Gasteiger partial charge on any atom is -0.493 e. The number of carbonyl (C=O) groups excluding carboxylic acids is 1. The van der Waals surface area contributed by atoms with Crippen molar-refractivity contribution in [3.63, 3.8) is 0 Å². The van der Waals surface area contributed by atoms with E-state index in [-0.39, 0.29) is 5.78 Å². The van der Waals surface area contributed by atoms with Crippen molar-refractivity contribution in [1.29, 1.82) is 0 Å². The molecule has 2 rings (SSSR count). The van der Waals surface area contributed by atoms with Gasteiger partial charge in [-0.2, -0.15) is 0 Å². The first-order valence-electron chi connectivity index (χ1n) is 7.18. The number of hydrogen-bond donors (Lipinski definition) is 0. The van der Waals surface area contributed by atoms with Crippen LogP contribution in [0.4, 0.5) is 0 Å². The van der Waals surface area contributed by atoms with E-state index in [1.165, 1.54) is 28.4 Å². The highest BCUT2D eigenvalue weighted by Crippen LogP contribution is 2.50. The van der Waals surface area contributed by atoms with Crippen molar-refractivity contribution in [1.82, 2.24) is 0 Å². The quantitative estimate of drug-likeness (QED) is 0.247. The van der Waals surface area contributed by atoms with Crippen molar-refractivity contribution in [2.24, 2.45) is 0 Å². The summed E-state index contributed by atoms with van der Waals surface area (Å²) in [7, 11) is 6.05. The van der Waals surface area contributed by atoms with Gasteiger partial charge in [0.15, 0.2) is 28.8 Å². The van der Waals surface area contributed by atoms with E-state index >= 15 is 0 Å². The van der Waals surface area contributed by atoms with Crippen molar-refractivity contribution < 1.29 is 23.7 Å². The van der Waals surface area contributed by atoms with E-state index in [4.69, 9.17) is 18.9 Å². The maximum absolute atomic E-state index is 13.4. The second-order valence-corrected chi connectivity index (χ2v) is 8.97. The summed E-state index contributed by atoms with van der Waals surface area (Å²) in [6, 6.07) is 1.61. The molecule has 0 atom stereocenters. The third kappa shape index (κ3) is 4.05. The number of hydrogen-bond acceptors (Lipinski definition) is 5. The minimum absolute atomic E-state index is 0.274. The molecule has 0 aliphatic carbocycles. The standard InChI is InChI=1S/C17H13Br5O5/c1-24-7-5-6(9(18)12(21)15(7)25-2)14(23)8-10(19)13(22)17(27-4)16(26-3)11(8)20/h5H,1-4H3. The highest BCUT2D eigenvalue weighted by Gasteiger charge is 2.29. The predicted octanol–water partition coefficient (Wildman–Crippen LogP) is 6.76. The zero-order chi connectivity index (χ0) is 20.5. The molecule has 0 aliphatic rings. The molecular formula is C17H13Br5O5. The topological polar surface area (TPSA) is 54.0 Å². The Bertz CT molecular complexity index is 914. The molecule has 146 valence electrons. The van der Waals surface area contributed by atoms with E-state index in [2.05, 4.69) is 79.6 Å². The van der Waals surface area contributed by atoms with Gasteiger partial charge in [-0.3, -0.25) is 4.79 Å². The van der Waals surface area contributed by atoms with Crippen LogP contribution in [0.25, 0.3) is 0 Å². The van der Waals surface area contributed by atoms with Gasteiger partial charge in [0.1, 0.15) is 0 Å². The minimum atomic E-state index is -0.274. The van der Waals surface area contributed by atoms with Gasteiger partial charge < -0.3 is 18.9 Å². The Balaban J connectivity index is 2.80. The summed E-state index contributed by atoms with van der Waals surface area (Å²) in [5.74, 6) is 1.48. The summed E-state index contributed by atoms with van der Waals surface area (Å²) in [6.07, 6.45) is 0. The molecule has 0 heterocycles. The van der Waals surface area contributed by atoms with Crippen molar-refractivity contribution >= 4 is 85.4 Å². The fraction of sp³-hybridized carbons (Fsp3) is 0.235. The SMILES string of the molecule is COc1cc(C(=O)c2c(Br)c(Br)c(OC)c(OC)c2Br)c(Br)c(Br)c1OC. The first kappa shape index (κ1) is 23.0. The highest BCUT2D eigenvalue weighted by molar-refractivity contribution is 9.13. The lowest BCUT2D eigenvalue weighted by molar-refractivity contribution is 0.103. The molecule has 0 bridgehead atoms. The number of rotatable bonds is 6. The normalized spacial score (nSPS) is 10.6. The molecular weight excluding hydrogens is 684 g/mol. The molecule has 0 amide bonds. The summed E-state index contributed by atoms with van der Waals surface area (Å²) in [5, 5.41) is 0. The molecule has 5 nitrogen and oxygen atoms in total. The lowest BCUT2D eigenvalue weighted by atomic mass is 10.0. The van der Waals surface area contributed by atoms with Gasteiger partial charge in [-0.1, -0.05) is 0 Å². The largest absolute Gasteiger partial charge is 0.493 e. The van der Waals surface area contributed by atoms with Crippen LogP contribution in [0.5, 0.6) is 23.0 Å². The molecule has 0 saturated carbocycles. The molecule has 0 spiro atoms. The molecule has 0 aromatic heterocycles. The molecule has 27 heavy (non-hydrogen) atoms. The Morgan fingerprint density at radius 1 is 0.667 bits per heavy atom. The average molecular weight is 697 g/mol. The second kappa shape index (κ2) is 9.47. The van der Waals surface area contributed by atoms with Crippen LogP contribution in [0.2, 0.25) is 0 Å². The van der Waals surface area contributed by atoms with E-state index in [0.717, 1.165) is 0 Å². The fourth-order valence-corrected chi connectivity index (χ4v) is 5.54. The molecule has 10 heteroatoms. The molecule has 0 unspecified atom stereocenters. The van der Waals surface area contributed by atoms with Gasteiger partial charge in [0.05, 0.1) is 47.4 Å². The Morgan fingerprint density at radius 2 is 1.15 bits per heavy atom. The van der Waals surface area contributed by atoms with Crippen LogP contribution in [0, 0.1) is 0 Å². The molecule has 2 aromatic rings. The Hall–Kier alpha value is -0.290. The smallest absolute Gasteiger partial charge is 0.196 e. The second-order valence-electron chi connectivity index (χ2n) is 5.00. The van der Waals surface area contributed by atoms with Crippen LogP contribution < -0.4 is 18.9 Å². The number of benzene rings is 2. The number of halogens is 5. The van der Waals surface area contributed by atoms with Gasteiger partial charge in [-0.25, -0.2) is 0 Å². The molecule has 0 aliphatic heterocycles. The summed E-state index contributed by atoms with van der Waals surface area (Å²) in [4.78, 5) is 13.4. The van der Waals surface area contributed by atoms with Gasteiger partial charge >= 0.3 is 0 Å². The number of carbonyl (C=O) groups is 1. The van der Waals surface area contributed by atoms with Crippen molar-refractivity contribution in [3.8, 4) is 23.0 Å². The lowest BCUT2D eigenvalue weighted by Crippen LogP contribution is -2.09. The summed E-state index contributed by atoms with van der Waals surface area (Å²) in [5.41, 5.74) is 0.736. The van der Waals surface area contributed by atoms with E-state index in [1.54, 1.807) is 6.07 Å². The Morgan fingerprint density at radius 3 is 1.63 bits per heavy atom. The monoisotopic (exact) mass is 692 g/mol. The third-order valence-corrected chi connectivity index (χ3v) is 8.62. The lowest BCUT2D eigenvalue weighted by Gasteiger charge is -2.18. The first-order valence-corrected chi connectivity index (χ1v) is 11.1. The zero-order valence-corrected chi connectivity index (χ0v) is 22.4. The Kier molecular flexibility index (Phi) is 8.07. The number of ketones is 1. The van der Waals surface area contributed by atoms with Crippen molar-refractivity contribution in [3.05, 3.63) is 39.6 Å². The molecule has 0 saturated heterocycles. The molecule has 0 fully saturated rings. The van der Waals surface area contributed by atoms with Crippen LogP contribution in [0.15, 0.2) is 28.4 Å². The predicted molar refractivity (Wildman–Crippen MR) is 121 cm³/mol. The van der Waals surface area contributed by atoms with E-state index in [9.17, 15) is 4.79 Å².